The fraction of sp³-hybridized carbons (Fsp3) is 0.208. The Morgan fingerprint density at radius 2 is 1.63 bits per heavy atom. The van der Waals surface area contributed by atoms with Gasteiger partial charge in [-0.2, -0.15) is 35.9 Å². The molecule has 1 aliphatic rings. The maximum atomic E-state index is 10.0. The summed E-state index contributed by atoms with van der Waals surface area (Å²) in [5, 5.41) is 11.0. The third kappa shape index (κ3) is 4.05. The van der Waals surface area contributed by atoms with Crippen LogP contribution in [0, 0.1) is 12.1 Å². The van der Waals surface area contributed by atoms with Gasteiger partial charge in [-0.1, -0.05) is 37.6 Å². The first-order chi connectivity index (χ1) is 12.3. The Bertz CT molecular complexity index is 1010. The van der Waals surface area contributed by atoms with Gasteiger partial charge in [0.2, 0.25) is 0 Å². The maximum absolute atomic E-state index is 10.0. The largest absolute Gasteiger partial charge is 0.512 e. The molecule has 3 aromatic carbocycles. The average Bonchev–Trinajstić information content (AvgIpc) is 2.59. The van der Waals surface area contributed by atoms with E-state index < -0.39 is 0 Å². The number of hydrogen-bond donors (Lipinski definition) is 1. The zero-order valence-electron chi connectivity index (χ0n) is 15.9. The maximum Gasteiger partial charge on any atom is 0.155 e. The minimum absolute atomic E-state index is 0. The van der Waals surface area contributed by atoms with Crippen molar-refractivity contribution in [3.63, 3.8) is 0 Å². The molecule has 0 heterocycles. The van der Waals surface area contributed by atoms with E-state index in [1.807, 2.05) is 12.1 Å². The molecule has 0 aliphatic heterocycles. The van der Waals surface area contributed by atoms with E-state index in [2.05, 4.69) is 62.4 Å². The number of carbonyl (C=O) groups is 1. The van der Waals surface area contributed by atoms with E-state index in [9.17, 15) is 4.79 Å². The Morgan fingerprint density at radius 3 is 2.26 bits per heavy atom. The predicted molar refractivity (Wildman–Crippen MR) is 106 cm³/mol. The second kappa shape index (κ2) is 8.21. The number of aliphatic hydroxyl groups excluding tert-OH is 1. The molecule has 2 nitrogen and oxygen atoms in total. The predicted octanol–water partition coefficient (Wildman–Crippen LogP) is 5.78. The molecule has 0 unspecified atom stereocenters. The Hall–Kier alpha value is -2.22. The molecule has 4 rings (SSSR count). The number of aliphatic hydroxyl groups is 1. The summed E-state index contributed by atoms with van der Waals surface area (Å²) in [4.78, 5) is 10.0. The van der Waals surface area contributed by atoms with Crippen LogP contribution < -0.4 is 0 Å². The van der Waals surface area contributed by atoms with Crippen molar-refractivity contribution < 1.29 is 30.0 Å². The van der Waals surface area contributed by atoms with Gasteiger partial charge < -0.3 is 5.11 Å². The molecule has 0 atom stereocenters. The molecular weight excluding hydrogens is 512 g/mol. The van der Waals surface area contributed by atoms with Crippen LogP contribution >= 0.6 is 0 Å². The zero-order chi connectivity index (χ0) is 18.9. The summed E-state index contributed by atoms with van der Waals surface area (Å²) in [5.41, 5.74) is 5.16. The van der Waals surface area contributed by atoms with E-state index in [1.54, 1.807) is 0 Å². The monoisotopic (exact) mass is 535 g/mol. The summed E-state index contributed by atoms with van der Waals surface area (Å²) >= 11 is 0. The van der Waals surface area contributed by atoms with Crippen molar-refractivity contribution in [3.05, 3.63) is 83.6 Å². The number of benzene rings is 3. The summed E-state index contributed by atoms with van der Waals surface area (Å²) in [7, 11) is 0. The van der Waals surface area contributed by atoms with Gasteiger partial charge in [-0.3, -0.25) is 4.79 Å². The van der Waals surface area contributed by atoms with E-state index in [0.717, 1.165) is 0 Å². The Balaban J connectivity index is 0.000000285. The second-order valence-electron chi connectivity index (χ2n) is 7.10. The van der Waals surface area contributed by atoms with Crippen LogP contribution in [0.4, 0.5) is 0 Å². The first-order valence-electron chi connectivity index (χ1n) is 8.65. The van der Waals surface area contributed by atoms with E-state index >= 15 is 0 Å². The Labute approximate surface area is 174 Å². The molecule has 1 N–H and O–H groups in total. The van der Waals surface area contributed by atoms with Crippen LogP contribution in [0.5, 0.6) is 0 Å². The molecule has 3 aromatic rings. The van der Waals surface area contributed by atoms with Gasteiger partial charge in [0.05, 0.1) is 5.76 Å². The summed E-state index contributed by atoms with van der Waals surface area (Å²) in [6, 6.07) is 23.9. The van der Waals surface area contributed by atoms with Crippen LogP contribution in [0.3, 0.4) is 0 Å². The molecule has 0 saturated heterocycles. The van der Waals surface area contributed by atoms with Crippen molar-refractivity contribution in [1.82, 2.24) is 0 Å². The van der Waals surface area contributed by atoms with Crippen molar-refractivity contribution in [1.29, 1.82) is 0 Å². The fourth-order valence-electron chi connectivity index (χ4n) is 3.60. The van der Waals surface area contributed by atoms with Gasteiger partial charge in [-0.25, -0.2) is 11.1 Å². The van der Waals surface area contributed by atoms with Crippen LogP contribution in [0.1, 0.15) is 38.8 Å². The van der Waals surface area contributed by atoms with Gasteiger partial charge in [-0.15, -0.1) is 22.9 Å². The van der Waals surface area contributed by atoms with Gasteiger partial charge in [0, 0.05) is 26.2 Å². The molecule has 1 aliphatic carbocycles. The SMILES string of the molecule is CC(=O)/C=C(/C)O.CC1(C)c2ccc[c-]c2-c2[c-]ccc3cccc1c23.[Ir]. The molecule has 1 radical (unpaired) electrons. The first-order valence-corrected chi connectivity index (χ1v) is 8.65. The average molecular weight is 535 g/mol. The van der Waals surface area contributed by atoms with Gasteiger partial charge >= 0.3 is 0 Å². The molecule has 0 fully saturated rings. The van der Waals surface area contributed by atoms with Crippen LogP contribution in [0.15, 0.2) is 60.4 Å². The van der Waals surface area contributed by atoms with Crippen molar-refractivity contribution in [2.75, 3.05) is 0 Å². The summed E-state index contributed by atoms with van der Waals surface area (Å²) in [5.74, 6) is -0.0625. The molecule has 0 spiro atoms. The van der Waals surface area contributed by atoms with Gasteiger partial charge in [0.1, 0.15) is 0 Å². The van der Waals surface area contributed by atoms with Crippen LogP contribution in [0.2, 0.25) is 0 Å². The van der Waals surface area contributed by atoms with E-state index in [4.69, 9.17) is 5.11 Å². The topological polar surface area (TPSA) is 37.3 Å². The second-order valence-corrected chi connectivity index (χ2v) is 7.10. The van der Waals surface area contributed by atoms with Gasteiger partial charge in [0.25, 0.3) is 0 Å². The number of hydrogen-bond acceptors (Lipinski definition) is 2. The van der Waals surface area contributed by atoms with Gasteiger partial charge in [-0.05, 0) is 19.3 Å². The number of rotatable bonds is 1. The van der Waals surface area contributed by atoms with E-state index in [1.165, 1.54) is 52.9 Å². The third-order valence-electron chi connectivity index (χ3n) is 4.70. The molecule has 0 bridgehead atoms. The van der Waals surface area contributed by atoms with Crippen molar-refractivity contribution in [3.8, 4) is 11.1 Å². The minimum Gasteiger partial charge on any atom is -0.512 e. The third-order valence-corrected chi connectivity index (χ3v) is 4.70. The number of carbonyl (C=O) groups excluding carboxylic acids is 1. The number of fused-ring (bicyclic) bond motifs is 2. The molecule has 3 heteroatoms. The molecule has 0 amide bonds. The molecule has 141 valence electrons. The minimum atomic E-state index is -0.125. The van der Waals surface area contributed by atoms with Crippen LogP contribution in [-0.4, -0.2) is 10.9 Å². The summed E-state index contributed by atoms with van der Waals surface area (Å²) < 4.78 is 0. The quantitative estimate of drug-likeness (QED) is 0.244. The number of allylic oxidation sites excluding steroid dienone is 2. The molecule has 0 saturated carbocycles. The molecular formula is C24H22IrO2-2. The molecule has 0 aromatic heterocycles. The smallest absolute Gasteiger partial charge is 0.155 e. The van der Waals surface area contributed by atoms with Crippen LogP contribution in [-0.2, 0) is 30.3 Å². The zero-order valence-corrected chi connectivity index (χ0v) is 18.3. The van der Waals surface area contributed by atoms with E-state index in [-0.39, 0.29) is 37.1 Å². The van der Waals surface area contributed by atoms with Crippen LogP contribution in [0.25, 0.3) is 21.9 Å². The normalized spacial score (nSPS) is 13.7. The van der Waals surface area contributed by atoms with Gasteiger partial charge in [0.15, 0.2) is 5.78 Å². The van der Waals surface area contributed by atoms with E-state index in [0.29, 0.717) is 0 Å². The standard InChI is InChI=1S/C19H14.C5H8O2.Ir/c1-19(2)16-11-4-3-9-14(16)15-10-5-7-13-8-6-12-17(19)18(13)15;1-4(6)3-5(2)7;/h3-8,11-12H,1-2H3;3,6H,1-2H3;/q-2;;/b;4-3-;. The summed E-state index contributed by atoms with van der Waals surface area (Å²) in [6.45, 7) is 7.44. The fourth-order valence-corrected chi connectivity index (χ4v) is 3.60. The van der Waals surface area contributed by atoms with Crippen molar-refractivity contribution >= 4 is 16.6 Å². The van der Waals surface area contributed by atoms with Crippen molar-refractivity contribution in [2.24, 2.45) is 0 Å². The Morgan fingerprint density at radius 1 is 0.963 bits per heavy atom. The molecule has 27 heavy (non-hydrogen) atoms. The Kier molecular flexibility index (Phi) is 6.41. The number of ketones is 1. The van der Waals surface area contributed by atoms with Crippen molar-refractivity contribution in [2.45, 2.75) is 33.1 Å². The summed E-state index contributed by atoms with van der Waals surface area (Å²) in [6.07, 6.45) is 1.17. The first kappa shape index (κ1) is 21.1.